The molecule has 1 aromatic heterocycles. The molecule has 0 saturated carbocycles. The lowest BCUT2D eigenvalue weighted by atomic mass is 9.77. The van der Waals surface area contributed by atoms with Crippen LogP contribution in [0.1, 0.15) is 19.3 Å². The second-order valence-corrected chi connectivity index (χ2v) is 10.7. The summed E-state index contributed by atoms with van der Waals surface area (Å²) >= 11 is 6.13. The number of amides is 1. The molecule has 5 rings (SSSR count). The average molecular weight is 459 g/mol. The average Bonchev–Trinajstić information content (AvgIpc) is 3.27. The van der Waals surface area contributed by atoms with Gasteiger partial charge in [0.1, 0.15) is 4.90 Å². The SMILES string of the molecule is Cn1cc2cc(N3CCC4(CCN(S(=O)(=O)c5ccccc5Cl)CC4)C3=O)ccc2n1. The molecule has 2 aliphatic rings. The topological polar surface area (TPSA) is 75.5 Å². The summed E-state index contributed by atoms with van der Waals surface area (Å²) in [5.74, 6) is 0.0885. The number of nitrogens with zero attached hydrogens (tertiary/aromatic N) is 4. The zero-order valence-corrected chi connectivity index (χ0v) is 18.7. The summed E-state index contributed by atoms with van der Waals surface area (Å²) in [5.41, 5.74) is 1.26. The molecule has 0 atom stereocenters. The van der Waals surface area contributed by atoms with Gasteiger partial charge < -0.3 is 4.90 Å². The number of aryl methyl sites for hydroxylation is 1. The van der Waals surface area contributed by atoms with E-state index in [1.54, 1.807) is 22.9 Å². The zero-order chi connectivity index (χ0) is 21.8. The van der Waals surface area contributed by atoms with Crippen molar-refractivity contribution in [2.75, 3.05) is 24.5 Å². The van der Waals surface area contributed by atoms with Crippen molar-refractivity contribution < 1.29 is 13.2 Å². The highest BCUT2D eigenvalue weighted by molar-refractivity contribution is 7.89. The van der Waals surface area contributed by atoms with Gasteiger partial charge in [-0.1, -0.05) is 23.7 Å². The normalized spacial score (nSPS) is 19.5. The largest absolute Gasteiger partial charge is 0.312 e. The first-order chi connectivity index (χ1) is 14.8. The number of sulfonamides is 1. The number of piperidine rings is 1. The fraction of sp³-hybridized carbons (Fsp3) is 0.364. The van der Waals surface area contributed by atoms with Gasteiger partial charge in [0.25, 0.3) is 0 Å². The summed E-state index contributed by atoms with van der Waals surface area (Å²) in [4.78, 5) is 15.4. The third-order valence-electron chi connectivity index (χ3n) is 6.56. The molecule has 162 valence electrons. The van der Waals surface area contributed by atoms with Crippen LogP contribution in [0.25, 0.3) is 10.9 Å². The van der Waals surface area contributed by atoms with E-state index in [-0.39, 0.29) is 15.8 Å². The Morgan fingerprint density at radius 1 is 1.03 bits per heavy atom. The van der Waals surface area contributed by atoms with Crippen molar-refractivity contribution in [3.8, 4) is 0 Å². The maximum Gasteiger partial charge on any atom is 0.244 e. The minimum atomic E-state index is -3.68. The fourth-order valence-electron chi connectivity index (χ4n) is 4.78. The van der Waals surface area contributed by atoms with E-state index in [9.17, 15) is 13.2 Å². The molecule has 3 heterocycles. The molecule has 0 aliphatic carbocycles. The van der Waals surface area contributed by atoms with E-state index in [1.807, 2.05) is 36.3 Å². The van der Waals surface area contributed by atoms with Gasteiger partial charge in [-0.25, -0.2) is 8.42 Å². The summed E-state index contributed by atoms with van der Waals surface area (Å²) in [5, 5.41) is 5.60. The van der Waals surface area contributed by atoms with Crippen molar-refractivity contribution in [2.24, 2.45) is 12.5 Å². The molecule has 0 bridgehead atoms. The lowest BCUT2D eigenvalue weighted by Crippen LogP contribution is -2.46. The van der Waals surface area contributed by atoms with Crippen molar-refractivity contribution in [3.05, 3.63) is 53.7 Å². The summed E-state index contributed by atoms with van der Waals surface area (Å²) < 4.78 is 29.3. The van der Waals surface area contributed by atoms with Crippen LogP contribution < -0.4 is 4.90 Å². The molecular weight excluding hydrogens is 436 g/mol. The number of aromatic nitrogens is 2. The predicted octanol–water partition coefficient (Wildman–Crippen LogP) is 3.43. The molecule has 2 fully saturated rings. The van der Waals surface area contributed by atoms with E-state index in [0.29, 0.717) is 32.5 Å². The standard InChI is InChI=1S/C22H23ClN4O3S/c1-25-15-16-14-17(6-7-19(16)24-25)27-13-10-22(21(27)28)8-11-26(12-9-22)31(29,30)20-5-3-2-4-18(20)23/h2-7,14-15H,8-13H2,1H3. The van der Waals surface area contributed by atoms with Crippen LogP contribution in [0.15, 0.2) is 53.6 Å². The van der Waals surface area contributed by atoms with Crippen LogP contribution in [0.3, 0.4) is 0 Å². The van der Waals surface area contributed by atoms with Gasteiger partial charge >= 0.3 is 0 Å². The van der Waals surface area contributed by atoms with Gasteiger partial charge in [-0.2, -0.15) is 9.40 Å². The number of carbonyl (C=O) groups is 1. The van der Waals surface area contributed by atoms with E-state index in [1.165, 1.54) is 10.4 Å². The molecule has 0 radical (unpaired) electrons. The monoisotopic (exact) mass is 458 g/mol. The Bertz CT molecular complexity index is 1280. The second kappa shape index (κ2) is 7.32. The quantitative estimate of drug-likeness (QED) is 0.602. The van der Waals surface area contributed by atoms with Crippen LogP contribution in [0.2, 0.25) is 5.02 Å². The van der Waals surface area contributed by atoms with Gasteiger partial charge in [-0.05, 0) is 49.6 Å². The first-order valence-electron chi connectivity index (χ1n) is 10.3. The van der Waals surface area contributed by atoms with E-state index in [0.717, 1.165) is 23.0 Å². The Hall–Kier alpha value is -2.42. The Morgan fingerprint density at radius 2 is 1.74 bits per heavy atom. The van der Waals surface area contributed by atoms with Crippen molar-refractivity contribution in [1.82, 2.24) is 14.1 Å². The molecule has 0 N–H and O–H groups in total. The number of carbonyl (C=O) groups excluding carboxylic acids is 1. The first-order valence-corrected chi connectivity index (χ1v) is 12.1. The van der Waals surface area contributed by atoms with E-state index in [4.69, 9.17) is 11.6 Å². The molecule has 2 aliphatic heterocycles. The molecule has 1 amide bonds. The van der Waals surface area contributed by atoms with Crippen molar-refractivity contribution in [1.29, 1.82) is 0 Å². The lowest BCUT2D eigenvalue weighted by molar-refractivity contribution is -0.127. The number of anilines is 1. The van der Waals surface area contributed by atoms with Crippen LogP contribution in [-0.4, -0.2) is 48.0 Å². The minimum absolute atomic E-state index is 0.0885. The van der Waals surface area contributed by atoms with Crippen LogP contribution >= 0.6 is 11.6 Å². The van der Waals surface area contributed by atoms with Gasteiger partial charge in [0.2, 0.25) is 15.9 Å². The van der Waals surface area contributed by atoms with Crippen LogP contribution in [-0.2, 0) is 21.9 Å². The van der Waals surface area contributed by atoms with Crippen molar-refractivity contribution in [3.63, 3.8) is 0 Å². The smallest absolute Gasteiger partial charge is 0.244 e. The maximum atomic E-state index is 13.4. The van der Waals surface area contributed by atoms with Gasteiger partial charge in [0, 0.05) is 44.0 Å². The van der Waals surface area contributed by atoms with Gasteiger partial charge in [0.05, 0.1) is 16.0 Å². The minimum Gasteiger partial charge on any atom is -0.312 e. The Kier molecular flexibility index (Phi) is 4.84. The van der Waals surface area contributed by atoms with Gasteiger partial charge in [-0.15, -0.1) is 0 Å². The highest BCUT2D eigenvalue weighted by Gasteiger charge is 2.50. The van der Waals surface area contributed by atoms with Crippen LogP contribution in [0, 0.1) is 5.41 Å². The third kappa shape index (κ3) is 3.33. The molecule has 2 saturated heterocycles. The molecule has 1 spiro atoms. The highest BCUT2D eigenvalue weighted by Crippen LogP contribution is 2.44. The van der Waals surface area contributed by atoms with Crippen LogP contribution in [0.5, 0.6) is 0 Å². The molecule has 31 heavy (non-hydrogen) atoms. The van der Waals surface area contributed by atoms with Crippen LogP contribution in [0.4, 0.5) is 5.69 Å². The van der Waals surface area contributed by atoms with Crippen molar-refractivity contribution >= 4 is 44.1 Å². The molecule has 7 nitrogen and oxygen atoms in total. The number of hydrogen-bond acceptors (Lipinski definition) is 4. The molecule has 2 aromatic carbocycles. The van der Waals surface area contributed by atoms with E-state index < -0.39 is 15.4 Å². The number of fused-ring (bicyclic) bond motifs is 1. The Morgan fingerprint density at radius 3 is 2.48 bits per heavy atom. The maximum absolute atomic E-state index is 13.4. The first kappa shape index (κ1) is 20.5. The number of benzene rings is 2. The van der Waals surface area contributed by atoms with Crippen molar-refractivity contribution in [2.45, 2.75) is 24.2 Å². The third-order valence-corrected chi connectivity index (χ3v) is 8.96. The molecular formula is C22H23ClN4O3S. The van der Waals surface area contributed by atoms with E-state index in [2.05, 4.69) is 5.10 Å². The molecule has 9 heteroatoms. The lowest BCUT2D eigenvalue weighted by Gasteiger charge is -2.37. The van der Waals surface area contributed by atoms with Gasteiger partial charge in [-0.3, -0.25) is 9.48 Å². The second-order valence-electron chi connectivity index (χ2n) is 8.37. The number of rotatable bonds is 3. The fourth-order valence-corrected chi connectivity index (χ4v) is 6.72. The predicted molar refractivity (Wildman–Crippen MR) is 120 cm³/mol. The Labute approximate surface area is 186 Å². The summed E-state index contributed by atoms with van der Waals surface area (Å²) in [7, 11) is -1.80. The number of hydrogen-bond donors (Lipinski definition) is 0. The van der Waals surface area contributed by atoms with Gasteiger partial charge in [0.15, 0.2) is 0 Å². The highest BCUT2D eigenvalue weighted by atomic mass is 35.5. The number of halogens is 1. The molecule has 0 unspecified atom stereocenters. The summed E-state index contributed by atoms with van der Waals surface area (Å²) in [6, 6.07) is 12.3. The zero-order valence-electron chi connectivity index (χ0n) is 17.2. The molecule has 3 aromatic rings. The summed E-state index contributed by atoms with van der Waals surface area (Å²) in [6.45, 7) is 1.27. The summed E-state index contributed by atoms with van der Waals surface area (Å²) in [6.07, 6.45) is 3.70. The van der Waals surface area contributed by atoms with E-state index >= 15 is 0 Å². The Balaban J connectivity index is 1.34.